The molecule has 1 atom stereocenters. The summed E-state index contributed by atoms with van der Waals surface area (Å²) in [7, 11) is 0. The fraction of sp³-hybridized carbons (Fsp3) is 0.429. The van der Waals surface area contributed by atoms with Gasteiger partial charge in [0, 0.05) is 0 Å². The van der Waals surface area contributed by atoms with Gasteiger partial charge in [-0.2, -0.15) is 0 Å². The van der Waals surface area contributed by atoms with Gasteiger partial charge in [-0.1, -0.05) is 19.1 Å². The first-order chi connectivity index (χ1) is 8.90. The van der Waals surface area contributed by atoms with Crippen LogP contribution in [0, 0.1) is 0 Å². The summed E-state index contributed by atoms with van der Waals surface area (Å²) < 4.78 is 5.40. The summed E-state index contributed by atoms with van der Waals surface area (Å²) >= 11 is 0. The molecule has 0 spiro atoms. The Kier molecular flexibility index (Phi) is 4.92. The van der Waals surface area contributed by atoms with E-state index in [2.05, 4.69) is 0 Å². The van der Waals surface area contributed by atoms with Gasteiger partial charge in [0.25, 0.3) is 0 Å². The van der Waals surface area contributed by atoms with E-state index in [-0.39, 0.29) is 0 Å². The van der Waals surface area contributed by atoms with E-state index in [1.165, 1.54) is 6.92 Å². The highest BCUT2D eigenvalue weighted by molar-refractivity contribution is 5.86. The minimum atomic E-state index is -1.44. The van der Waals surface area contributed by atoms with Crippen molar-refractivity contribution in [3.8, 4) is 5.75 Å². The van der Waals surface area contributed by atoms with Gasteiger partial charge in [-0.05, 0) is 31.0 Å². The van der Waals surface area contributed by atoms with Gasteiger partial charge < -0.3 is 14.9 Å². The van der Waals surface area contributed by atoms with Crippen LogP contribution in [0.4, 0.5) is 0 Å². The number of hydrogen-bond donors (Lipinski definition) is 2. The monoisotopic (exact) mass is 266 g/mol. The van der Waals surface area contributed by atoms with E-state index in [4.69, 9.17) is 9.84 Å². The molecule has 0 unspecified atom stereocenters. The standard InChI is InChI=1S/C14H18O5/c1-3-8-19-11-6-4-10(5-7-11)14(2,13(17)18)9-12(15)16/h4-7H,3,8-9H2,1-2H3,(H,15,16)(H,17,18)/t14-/m1/s1. The van der Waals surface area contributed by atoms with Crippen LogP contribution in [-0.2, 0) is 15.0 Å². The zero-order chi connectivity index (χ0) is 14.5. The third-order valence-corrected chi connectivity index (χ3v) is 2.94. The zero-order valence-corrected chi connectivity index (χ0v) is 11.0. The van der Waals surface area contributed by atoms with E-state index >= 15 is 0 Å². The molecular weight excluding hydrogens is 248 g/mol. The molecule has 1 aromatic carbocycles. The van der Waals surface area contributed by atoms with Gasteiger partial charge >= 0.3 is 11.9 Å². The molecule has 5 heteroatoms. The highest BCUT2D eigenvalue weighted by Gasteiger charge is 2.37. The Hall–Kier alpha value is -2.04. The van der Waals surface area contributed by atoms with Crippen LogP contribution < -0.4 is 4.74 Å². The molecule has 5 nitrogen and oxygen atoms in total. The van der Waals surface area contributed by atoms with Crippen LogP contribution in [0.25, 0.3) is 0 Å². The Morgan fingerprint density at radius 2 is 1.79 bits per heavy atom. The average molecular weight is 266 g/mol. The van der Waals surface area contributed by atoms with Crippen molar-refractivity contribution >= 4 is 11.9 Å². The highest BCUT2D eigenvalue weighted by Crippen LogP contribution is 2.29. The van der Waals surface area contributed by atoms with E-state index in [0.717, 1.165) is 6.42 Å². The summed E-state index contributed by atoms with van der Waals surface area (Å²) in [5, 5.41) is 18.1. The molecule has 0 aliphatic rings. The van der Waals surface area contributed by atoms with E-state index in [1.807, 2.05) is 6.92 Å². The van der Waals surface area contributed by atoms with Gasteiger partial charge in [0.05, 0.1) is 13.0 Å². The van der Waals surface area contributed by atoms with E-state index in [0.29, 0.717) is 17.9 Å². The average Bonchev–Trinajstić information content (AvgIpc) is 2.35. The molecule has 0 aromatic heterocycles. The first-order valence-corrected chi connectivity index (χ1v) is 6.08. The van der Waals surface area contributed by atoms with Crippen LogP contribution in [-0.4, -0.2) is 28.8 Å². The predicted molar refractivity (Wildman–Crippen MR) is 69.5 cm³/mol. The van der Waals surface area contributed by atoms with Gasteiger partial charge in [-0.3, -0.25) is 9.59 Å². The molecule has 0 saturated carbocycles. The zero-order valence-electron chi connectivity index (χ0n) is 11.0. The van der Waals surface area contributed by atoms with Crippen molar-refractivity contribution in [2.75, 3.05) is 6.61 Å². The molecule has 0 fully saturated rings. The van der Waals surface area contributed by atoms with E-state index < -0.39 is 23.8 Å². The molecule has 2 N–H and O–H groups in total. The van der Waals surface area contributed by atoms with Crippen LogP contribution in [0.5, 0.6) is 5.75 Å². The Morgan fingerprint density at radius 1 is 1.21 bits per heavy atom. The second-order valence-electron chi connectivity index (χ2n) is 4.58. The molecule has 0 heterocycles. The third kappa shape index (κ3) is 3.71. The number of carboxylic acids is 2. The topological polar surface area (TPSA) is 83.8 Å². The number of hydrogen-bond acceptors (Lipinski definition) is 3. The molecule has 0 amide bonds. The summed E-state index contributed by atoms with van der Waals surface area (Å²) in [6.07, 6.45) is 0.422. The Balaban J connectivity index is 2.98. The van der Waals surface area contributed by atoms with Crippen molar-refractivity contribution in [1.29, 1.82) is 0 Å². The lowest BCUT2D eigenvalue weighted by Gasteiger charge is -2.23. The number of aliphatic carboxylic acids is 2. The molecule has 1 aromatic rings. The largest absolute Gasteiger partial charge is 0.494 e. The van der Waals surface area contributed by atoms with Crippen molar-refractivity contribution in [3.05, 3.63) is 29.8 Å². The molecule has 0 aliphatic heterocycles. The smallest absolute Gasteiger partial charge is 0.314 e. The maximum atomic E-state index is 11.3. The van der Waals surface area contributed by atoms with Gasteiger partial charge in [0.1, 0.15) is 11.2 Å². The van der Waals surface area contributed by atoms with Gasteiger partial charge in [-0.25, -0.2) is 0 Å². The van der Waals surface area contributed by atoms with Gasteiger partial charge in [0.2, 0.25) is 0 Å². The minimum Gasteiger partial charge on any atom is -0.494 e. The molecule has 0 aliphatic carbocycles. The summed E-state index contributed by atoms with van der Waals surface area (Å²) in [6.45, 7) is 3.98. The van der Waals surface area contributed by atoms with Crippen LogP contribution in [0.3, 0.4) is 0 Å². The van der Waals surface area contributed by atoms with Crippen molar-refractivity contribution in [2.45, 2.75) is 32.1 Å². The van der Waals surface area contributed by atoms with E-state index in [9.17, 15) is 14.7 Å². The maximum Gasteiger partial charge on any atom is 0.314 e. The van der Waals surface area contributed by atoms with Crippen molar-refractivity contribution in [1.82, 2.24) is 0 Å². The van der Waals surface area contributed by atoms with Crippen molar-refractivity contribution in [2.24, 2.45) is 0 Å². The number of carboxylic acid groups (broad SMARTS) is 2. The molecular formula is C14H18O5. The van der Waals surface area contributed by atoms with Crippen LogP contribution in [0.15, 0.2) is 24.3 Å². The molecule has 104 valence electrons. The summed E-state index contributed by atoms with van der Waals surface area (Å²) in [5.74, 6) is -1.65. The maximum absolute atomic E-state index is 11.3. The Morgan fingerprint density at radius 3 is 2.21 bits per heavy atom. The lowest BCUT2D eigenvalue weighted by Crippen LogP contribution is -2.34. The second kappa shape index (κ2) is 6.22. The fourth-order valence-electron chi connectivity index (χ4n) is 1.74. The summed E-state index contributed by atoms with van der Waals surface area (Å²) in [6, 6.07) is 6.52. The predicted octanol–water partition coefficient (Wildman–Crippen LogP) is 2.29. The molecule has 1 rings (SSSR count). The third-order valence-electron chi connectivity index (χ3n) is 2.94. The lowest BCUT2D eigenvalue weighted by molar-refractivity contribution is -0.149. The first-order valence-electron chi connectivity index (χ1n) is 6.08. The lowest BCUT2D eigenvalue weighted by atomic mass is 9.79. The molecule has 0 bridgehead atoms. The first kappa shape index (κ1) is 15.0. The summed E-state index contributed by atoms with van der Waals surface area (Å²) in [5.41, 5.74) is -0.985. The SMILES string of the molecule is CCCOc1ccc([C@@](C)(CC(=O)O)C(=O)O)cc1. The normalized spacial score (nSPS) is 13.6. The minimum absolute atomic E-state index is 0.450. The Labute approximate surface area is 111 Å². The number of rotatable bonds is 7. The second-order valence-corrected chi connectivity index (χ2v) is 4.58. The quantitative estimate of drug-likeness (QED) is 0.791. The van der Waals surface area contributed by atoms with Gasteiger partial charge in [-0.15, -0.1) is 0 Å². The van der Waals surface area contributed by atoms with E-state index in [1.54, 1.807) is 24.3 Å². The van der Waals surface area contributed by atoms with Crippen LogP contribution in [0.2, 0.25) is 0 Å². The Bertz CT molecular complexity index is 451. The molecule has 19 heavy (non-hydrogen) atoms. The number of benzene rings is 1. The van der Waals surface area contributed by atoms with Gasteiger partial charge in [0.15, 0.2) is 0 Å². The molecule has 0 saturated heterocycles. The highest BCUT2D eigenvalue weighted by atomic mass is 16.5. The molecule has 0 radical (unpaired) electrons. The fourth-order valence-corrected chi connectivity index (χ4v) is 1.74. The van der Waals surface area contributed by atoms with Crippen molar-refractivity contribution in [3.63, 3.8) is 0 Å². The number of ether oxygens (including phenoxy) is 1. The summed E-state index contributed by atoms with van der Waals surface area (Å²) in [4.78, 5) is 22.1. The van der Waals surface area contributed by atoms with Crippen LogP contribution >= 0.6 is 0 Å². The van der Waals surface area contributed by atoms with Crippen LogP contribution in [0.1, 0.15) is 32.3 Å². The number of carbonyl (C=O) groups is 2. The van der Waals surface area contributed by atoms with Crippen molar-refractivity contribution < 1.29 is 24.5 Å².